The first-order chi connectivity index (χ1) is 8.57. The van der Waals surface area contributed by atoms with Crippen molar-refractivity contribution in [1.29, 1.82) is 0 Å². The number of nitrogens with zero attached hydrogens (tertiary/aromatic N) is 1. The Kier molecular flexibility index (Phi) is 6.46. The van der Waals surface area contributed by atoms with Gasteiger partial charge in [0, 0.05) is 24.1 Å². The minimum atomic E-state index is -0.466. The summed E-state index contributed by atoms with van der Waals surface area (Å²) in [7, 11) is 1.48. The summed E-state index contributed by atoms with van der Waals surface area (Å²) in [6, 6.07) is 0. The lowest BCUT2D eigenvalue weighted by Crippen LogP contribution is -2.55. The molecule has 0 aromatic carbocycles. The van der Waals surface area contributed by atoms with Gasteiger partial charge in [-0.1, -0.05) is 20.8 Å². The van der Waals surface area contributed by atoms with Gasteiger partial charge >= 0.3 is 5.97 Å². The van der Waals surface area contributed by atoms with Crippen LogP contribution < -0.4 is 5.32 Å². The zero-order valence-electron chi connectivity index (χ0n) is 12.0. The molecule has 0 spiro atoms. The van der Waals surface area contributed by atoms with Gasteiger partial charge in [0.25, 0.3) is 0 Å². The molecule has 1 N–H and O–H groups in total. The van der Waals surface area contributed by atoms with E-state index in [1.54, 1.807) is 0 Å². The third-order valence-corrected chi connectivity index (χ3v) is 5.01. The van der Waals surface area contributed by atoms with E-state index < -0.39 is 5.54 Å². The number of hydrogen-bond acceptors (Lipinski definition) is 5. The first-order valence-corrected chi connectivity index (χ1v) is 7.80. The molecule has 0 aromatic heterocycles. The molecule has 106 valence electrons. The number of likely N-dealkylation sites (N-methyl/N-ethyl adjacent to an activating group) is 1. The van der Waals surface area contributed by atoms with Crippen LogP contribution in [0.4, 0.5) is 0 Å². The molecule has 0 bridgehead atoms. The Labute approximate surface area is 115 Å². The molecule has 5 heteroatoms. The number of rotatable bonds is 7. The second-order valence-corrected chi connectivity index (χ2v) is 6.28. The maximum absolute atomic E-state index is 12.0. The molecule has 1 rings (SSSR count). The normalized spacial score (nSPS) is 27.7. The Balaban J connectivity index is 2.50. The van der Waals surface area contributed by atoms with Crippen molar-refractivity contribution in [3.05, 3.63) is 0 Å². The average molecular weight is 274 g/mol. The van der Waals surface area contributed by atoms with Gasteiger partial charge in [-0.15, -0.1) is 0 Å². The molecule has 0 amide bonds. The number of nitrogens with one attached hydrogen (secondary N) is 1. The molecule has 0 saturated carbocycles. The Morgan fingerprint density at radius 1 is 1.50 bits per heavy atom. The highest BCUT2D eigenvalue weighted by atomic mass is 32.2. The average Bonchev–Trinajstić information content (AvgIpc) is 2.76. The van der Waals surface area contributed by atoms with Gasteiger partial charge in [-0.3, -0.25) is 10.1 Å². The number of hydrogen-bond donors (Lipinski definition) is 1. The Morgan fingerprint density at radius 2 is 2.17 bits per heavy atom. The van der Waals surface area contributed by atoms with Crippen LogP contribution in [0.3, 0.4) is 0 Å². The molecular weight excluding hydrogens is 248 g/mol. The quantitative estimate of drug-likeness (QED) is 0.710. The second-order valence-electron chi connectivity index (χ2n) is 4.85. The van der Waals surface area contributed by atoms with Crippen molar-refractivity contribution in [3.63, 3.8) is 0 Å². The van der Waals surface area contributed by atoms with E-state index in [2.05, 4.69) is 31.0 Å². The van der Waals surface area contributed by atoms with E-state index >= 15 is 0 Å². The third kappa shape index (κ3) is 3.87. The van der Waals surface area contributed by atoms with Crippen LogP contribution in [0.25, 0.3) is 0 Å². The highest BCUT2D eigenvalue weighted by molar-refractivity contribution is 8.00. The maximum Gasteiger partial charge on any atom is 0.326 e. The van der Waals surface area contributed by atoms with E-state index in [0.717, 1.165) is 38.4 Å². The van der Waals surface area contributed by atoms with Gasteiger partial charge in [-0.05, 0) is 19.5 Å². The summed E-state index contributed by atoms with van der Waals surface area (Å²) in [6.45, 7) is 10.4. The predicted octanol–water partition coefficient (Wildman–Crippen LogP) is 1.35. The minimum Gasteiger partial charge on any atom is -0.468 e. The van der Waals surface area contributed by atoms with Gasteiger partial charge in [0.15, 0.2) is 0 Å². The number of ether oxygens (including phenoxy) is 1. The molecule has 4 nitrogen and oxygen atoms in total. The topological polar surface area (TPSA) is 41.6 Å². The number of esters is 1. The summed E-state index contributed by atoms with van der Waals surface area (Å²) >= 11 is 1.84. The van der Waals surface area contributed by atoms with Crippen molar-refractivity contribution in [3.8, 4) is 0 Å². The standard InChI is InChI=1S/C13H26N2O2S/c1-5-15(6-2)8-7-14-13(12(16)17-4)9-11(3)18-10-13/h11,14H,5-10H2,1-4H3. The highest BCUT2D eigenvalue weighted by Crippen LogP contribution is 2.35. The summed E-state index contributed by atoms with van der Waals surface area (Å²) in [5, 5.41) is 3.96. The van der Waals surface area contributed by atoms with Crippen molar-refractivity contribution in [2.24, 2.45) is 0 Å². The molecule has 1 heterocycles. The van der Waals surface area contributed by atoms with E-state index in [1.165, 1.54) is 7.11 Å². The second kappa shape index (κ2) is 7.36. The van der Waals surface area contributed by atoms with Crippen LogP contribution in [0.2, 0.25) is 0 Å². The molecule has 1 fully saturated rings. The molecule has 1 aliphatic rings. The molecule has 2 unspecified atom stereocenters. The number of thioether (sulfide) groups is 1. The van der Waals surface area contributed by atoms with Gasteiger partial charge in [-0.2, -0.15) is 11.8 Å². The van der Waals surface area contributed by atoms with E-state index in [-0.39, 0.29) is 5.97 Å². The van der Waals surface area contributed by atoms with Crippen LogP contribution in [0.5, 0.6) is 0 Å². The van der Waals surface area contributed by atoms with Gasteiger partial charge in [0.2, 0.25) is 0 Å². The van der Waals surface area contributed by atoms with Crippen LogP contribution >= 0.6 is 11.8 Å². The number of methoxy groups -OCH3 is 1. The minimum absolute atomic E-state index is 0.112. The summed E-state index contributed by atoms with van der Waals surface area (Å²) < 4.78 is 4.97. The predicted molar refractivity (Wildman–Crippen MR) is 77.1 cm³/mol. The summed E-state index contributed by atoms with van der Waals surface area (Å²) in [4.78, 5) is 14.3. The zero-order chi connectivity index (χ0) is 13.6. The van der Waals surface area contributed by atoms with Gasteiger partial charge in [0.05, 0.1) is 7.11 Å². The van der Waals surface area contributed by atoms with Crippen LogP contribution in [0, 0.1) is 0 Å². The fraction of sp³-hybridized carbons (Fsp3) is 0.923. The van der Waals surface area contributed by atoms with Crippen LogP contribution in [0.15, 0.2) is 0 Å². The van der Waals surface area contributed by atoms with E-state index in [4.69, 9.17) is 4.74 Å². The molecule has 2 atom stereocenters. The SMILES string of the molecule is CCN(CC)CCNC1(C(=O)OC)CSC(C)C1. The molecule has 0 radical (unpaired) electrons. The van der Waals surface area contributed by atoms with Crippen molar-refractivity contribution in [1.82, 2.24) is 10.2 Å². The van der Waals surface area contributed by atoms with Gasteiger partial charge < -0.3 is 9.64 Å². The summed E-state index contributed by atoms with van der Waals surface area (Å²) in [6.07, 6.45) is 0.864. The highest BCUT2D eigenvalue weighted by Gasteiger charge is 2.45. The van der Waals surface area contributed by atoms with Crippen molar-refractivity contribution < 1.29 is 9.53 Å². The number of carbonyl (C=O) groups excluding carboxylic acids is 1. The molecule has 1 aliphatic heterocycles. The first kappa shape index (κ1) is 15.8. The fourth-order valence-electron chi connectivity index (χ4n) is 2.42. The Bertz CT molecular complexity index is 272. The van der Waals surface area contributed by atoms with Crippen molar-refractivity contribution >= 4 is 17.7 Å². The summed E-state index contributed by atoms with van der Waals surface area (Å²) in [5.74, 6) is 0.706. The zero-order valence-corrected chi connectivity index (χ0v) is 12.8. The lowest BCUT2D eigenvalue weighted by molar-refractivity contribution is -0.147. The monoisotopic (exact) mass is 274 g/mol. The smallest absolute Gasteiger partial charge is 0.326 e. The van der Waals surface area contributed by atoms with E-state index in [0.29, 0.717) is 5.25 Å². The van der Waals surface area contributed by atoms with Crippen LogP contribution in [-0.2, 0) is 9.53 Å². The van der Waals surface area contributed by atoms with Crippen LogP contribution in [0.1, 0.15) is 27.2 Å². The first-order valence-electron chi connectivity index (χ1n) is 6.75. The van der Waals surface area contributed by atoms with Gasteiger partial charge in [-0.25, -0.2) is 0 Å². The Hall–Kier alpha value is -0.260. The summed E-state index contributed by atoms with van der Waals surface area (Å²) in [5.41, 5.74) is -0.466. The van der Waals surface area contributed by atoms with Crippen molar-refractivity contribution in [2.75, 3.05) is 39.0 Å². The lowest BCUT2D eigenvalue weighted by Gasteiger charge is -2.28. The molecule has 0 aromatic rings. The third-order valence-electron chi connectivity index (χ3n) is 3.61. The van der Waals surface area contributed by atoms with E-state index in [9.17, 15) is 4.79 Å². The molecule has 0 aliphatic carbocycles. The maximum atomic E-state index is 12.0. The molecule has 1 saturated heterocycles. The molecule has 18 heavy (non-hydrogen) atoms. The van der Waals surface area contributed by atoms with Crippen molar-refractivity contribution in [2.45, 2.75) is 38.0 Å². The fourth-order valence-corrected chi connectivity index (χ4v) is 3.73. The van der Waals surface area contributed by atoms with Crippen LogP contribution in [-0.4, -0.2) is 60.7 Å². The number of carbonyl (C=O) groups is 1. The lowest BCUT2D eigenvalue weighted by atomic mass is 9.96. The van der Waals surface area contributed by atoms with Gasteiger partial charge in [0.1, 0.15) is 5.54 Å². The Morgan fingerprint density at radius 3 is 2.61 bits per heavy atom. The largest absolute Gasteiger partial charge is 0.468 e. The molecular formula is C13H26N2O2S. The van der Waals surface area contributed by atoms with E-state index in [1.807, 2.05) is 11.8 Å².